The molecule has 0 unspecified atom stereocenters. The van der Waals surface area contributed by atoms with Gasteiger partial charge in [0.25, 0.3) is 5.91 Å². The molecular weight excluding hydrogens is 452 g/mol. The van der Waals surface area contributed by atoms with Crippen LogP contribution in [0.1, 0.15) is 46.5 Å². The summed E-state index contributed by atoms with van der Waals surface area (Å²) in [6.45, 7) is 8.24. The number of rotatable bonds is 5. The summed E-state index contributed by atoms with van der Waals surface area (Å²) in [7, 11) is 1.63. The third-order valence-electron chi connectivity index (χ3n) is 6.46. The third kappa shape index (κ3) is 6.86. The monoisotopic (exact) mass is 488 g/mol. The van der Waals surface area contributed by atoms with Gasteiger partial charge in [0, 0.05) is 43.2 Å². The van der Waals surface area contributed by atoms with E-state index in [0.717, 1.165) is 35.7 Å². The number of amides is 1. The first-order valence-electron chi connectivity index (χ1n) is 12.6. The van der Waals surface area contributed by atoms with E-state index in [4.69, 9.17) is 14.2 Å². The minimum absolute atomic E-state index is 0.132. The van der Waals surface area contributed by atoms with Gasteiger partial charge in [-0.3, -0.25) is 9.69 Å². The van der Waals surface area contributed by atoms with E-state index in [1.54, 1.807) is 7.11 Å². The molecule has 6 heteroatoms. The molecule has 0 aliphatic carbocycles. The molecule has 1 heterocycles. The molecule has 36 heavy (non-hydrogen) atoms. The largest absolute Gasteiger partial charge is 0.496 e. The fraction of sp³-hybridized carbons (Fsp3) is 0.367. The number of hydrogen-bond acceptors (Lipinski definition) is 5. The Morgan fingerprint density at radius 3 is 2.67 bits per heavy atom. The Labute approximate surface area is 214 Å². The highest BCUT2D eigenvalue weighted by molar-refractivity contribution is 5.94. The molecule has 1 aliphatic rings. The van der Waals surface area contributed by atoms with Gasteiger partial charge in [-0.15, -0.1) is 0 Å². The lowest BCUT2D eigenvalue weighted by Crippen LogP contribution is -2.33. The summed E-state index contributed by atoms with van der Waals surface area (Å²) in [5.41, 5.74) is 4.98. The maximum Gasteiger partial charge on any atom is 0.251 e. The zero-order chi connectivity index (χ0) is 25.3. The molecule has 0 saturated heterocycles. The number of ether oxygens (including phenoxy) is 3. The first-order chi connectivity index (χ1) is 17.5. The van der Waals surface area contributed by atoms with E-state index in [1.807, 2.05) is 42.5 Å². The standard InChI is InChI=1S/C30H36N2O4/c1-22(2)32-13-14-35-15-16-36-29-12-11-25(19-27(29)18-23-7-6-8-24(17-23)21-32)30(33)31-20-26-9-4-5-10-28(26)34-3/h4-12,17,19,22H,13-16,18,20-21H2,1-3H3,(H,31,33). The number of hydrogen-bond donors (Lipinski definition) is 1. The van der Waals surface area contributed by atoms with Gasteiger partial charge in [0.15, 0.2) is 0 Å². The van der Waals surface area contributed by atoms with Gasteiger partial charge in [0.05, 0.1) is 20.3 Å². The van der Waals surface area contributed by atoms with Gasteiger partial charge in [-0.2, -0.15) is 0 Å². The van der Waals surface area contributed by atoms with Crippen LogP contribution in [0.4, 0.5) is 0 Å². The Kier molecular flexibility index (Phi) is 8.98. The van der Waals surface area contributed by atoms with Crippen LogP contribution in [-0.2, 0) is 24.2 Å². The van der Waals surface area contributed by atoms with Crippen LogP contribution in [0.2, 0.25) is 0 Å². The molecule has 6 nitrogen and oxygen atoms in total. The van der Waals surface area contributed by atoms with Gasteiger partial charge in [0.1, 0.15) is 18.1 Å². The number of nitrogens with zero attached hydrogens (tertiary/aromatic N) is 1. The van der Waals surface area contributed by atoms with Gasteiger partial charge in [-0.25, -0.2) is 0 Å². The van der Waals surface area contributed by atoms with E-state index in [9.17, 15) is 4.79 Å². The third-order valence-corrected chi connectivity index (χ3v) is 6.46. The summed E-state index contributed by atoms with van der Waals surface area (Å²) in [6, 6.07) is 22.4. The molecule has 0 aromatic heterocycles. The van der Waals surface area contributed by atoms with Crippen LogP contribution in [0, 0.1) is 0 Å². The van der Waals surface area contributed by atoms with E-state index in [2.05, 4.69) is 48.3 Å². The second kappa shape index (κ2) is 12.6. The van der Waals surface area contributed by atoms with Gasteiger partial charge in [-0.05, 0) is 54.8 Å². The molecule has 3 aromatic rings. The van der Waals surface area contributed by atoms with Crippen LogP contribution >= 0.6 is 0 Å². The van der Waals surface area contributed by atoms with Crippen LogP contribution in [0.3, 0.4) is 0 Å². The lowest BCUT2D eigenvalue weighted by atomic mass is 9.99. The number of nitrogens with one attached hydrogen (secondary N) is 1. The highest BCUT2D eigenvalue weighted by atomic mass is 16.5. The molecule has 3 aromatic carbocycles. The molecule has 1 N–H and O–H groups in total. The molecule has 0 saturated carbocycles. The summed E-state index contributed by atoms with van der Waals surface area (Å²) >= 11 is 0. The predicted molar refractivity (Wildman–Crippen MR) is 142 cm³/mol. The van der Waals surface area contributed by atoms with Gasteiger partial charge >= 0.3 is 0 Å². The predicted octanol–water partition coefficient (Wildman–Crippen LogP) is 4.84. The fourth-order valence-corrected chi connectivity index (χ4v) is 4.43. The van der Waals surface area contributed by atoms with Crippen molar-refractivity contribution in [3.63, 3.8) is 0 Å². The van der Waals surface area contributed by atoms with Crippen molar-refractivity contribution in [2.24, 2.45) is 0 Å². The second-order valence-corrected chi connectivity index (χ2v) is 9.34. The van der Waals surface area contributed by atoms with Crippen LogP contribution in [0.25, 0.3) is 0 Å². The number of para-hydroxylation sites is 1. The Morgan fingerprint density at radius 1 is 1.00 bits per heavy atom. The summed E-state index contributed by atoms with van der Waals surface area (Å²) in [6.07, 6.45) is 0.680. The molecule has 1 aliphatic heterocycles. The lowest BCUT2D eigenvalue weighted by Gasteiger charge is -2.27. The van der Waals surface area contributed by atoms with Crippen LogP contribution in [0.15, 0.2) is 66.7 Å². The molecule has 1 amide bonds. The number of carbonyl (C=O) groups excluding carboxylic acids is 1. The molecule has 0 radical (unpaired) electrons. The van der Waals surface area contributed by atoms with Crippen LogP contribution in [0.5, 0.6) is 11.5 Å². The number of carbonyl (C=O) groups is 1. The van der Waals surface area contributed by atoms with Crippen molar-refractivity contribution < 1.29 is 19.0 Å². The molecule has 0 fully saturated rings. The van der Waals surface area contributed by atoms with Gasteiger partial charge in [0.2, 0.25) is 0 Å². The molecule has 2 bridgehead atoms. The second-order valence-electron chi connectivity index (χ2n) is 9.34. The van der Waals surface area contributed by atoms with E-state index >= 15 is 0 Å². The summed E-state index contributed by atoms with van der Waals surface area (Å²) < 4.78 is 17.3. The smallest absolute Gasteiger partial charge is 0.251 e. The van der Waals surface area contributed by atoms with E-state index < -0.39 is 0 Å². The van der Waals surface area contributed by atoms with Crippen molar-refractivity contribution in [1.82, 2.24) is 10.2 Å². The number of methoxy groups -OCH3 is 1. The average Bonchev–Trinajstić information content (AvgIpc) is 2.89. The van der Waals surface area contributed by atoms with Crippen molar-refractivity contribution in [1.29, 1.82) is 0 Å². The normalized spacial score (nSPS) is 14.9. The van der Waals surface area contributed by atoms with Gasteiger partial charge in [-0.1, -0.05) is 42.5 Å². The molecule has 0 spiro atoms. The van der Waals surface area contributed by atoms with Crippen molar-refractivity contribution in [2.75, 3.05) is 33.5 Å². The topological polar surface area (TPSA) is 60.0 Å². The Morgan fingerprint density at radius 2 is 1.83 bits per heavy atom. The zero-order valence-corrected chi connectivity index (χ0v) is 21.5. The zero-order valence-electron chi connectivity index (χ0n) is 21.5. The molecular formula is C30H36N2O4. The van der Waals surface area contributed by atoms with Crippen molar-refractivity contribution in [3.8, 4) is 11.5 Å². The van der Waals surface area contributed by atoms with Crippen molar-refractivity contribution in [3.05, 3.63) is 94.5 Å². The average molecular weight is 489 g/mol. The van der Waals surface area contributed by atoms with Crippen molar-refractivity contribution >= 4 is 5.91 Å². The first kappa shape index (κ1) is 25.7. The number of benzene rings is 3. The fourth-order valence-electron chi connectivity index (χ4n) is 4.43. The van der Waals surface area contributed by atoms with E-state index in [-0.39, 0.29) is 5.91 Å². The Bertz CT molecular complexity index is 1160. The maximum absolute atomic E-state index is 13.0. The van der Waals surface area contributed by atoms with Gasteiger partial charge < -0.3 is 19.5 Å². The minimum atomic E-state index is -0.132. The molecule has 190 valence electrons. The number of fused-ring (bicyclic) bond motifs is 3. The van der Waals surface area contributed by atoms with E-state index in [0.29, 0.717) is 44.4 Å². The lowest BCUT2D eigenvalue weighted by molar-refractivity contribution is 0.0695. The Balaban J connectivity index is 1.55. The highest BCUT2D eigenvalue weighted by Gasteiger charge is 2.15. The minimum Gasteiger partial charge on any atom is -0.496 e. The SMILES string of the molecule is COc1ccccc1CNC(=O)c1ccc2c(c1)Cc1cccc(c1)CN(C(C)C)CCOCCO2. The first-order valence-corrected chi connectivity index (χ1v) is 12.6. The molecule has 4 rings (SSSR count). The quantitative estimate of drug-likeness (QED) is 0.557. The van der Waals surface area contributed by atoms with Crippen LogP contribution in [-0.4, -0.2) is 50.3 Å². The summed E-state index contributed by atoms with van der Waals surface area (Å²) in [4.78, 5) is 15.4. The molecule has 0 atom stereocenters. The Hall–Kier alpha value is -3.35. The summed E-state index contributed by atoms with van der Waals surface area (Å²) in [5.74, 6) is 1.41. The van der Waals surface area contributed by atoms with Crippen molar-refractivity contribution in [2.45, 2.75) is 39.4 Å². The van der Waals surface area contributed by atoms with Crippen LogP contribution < -0.4 is 14.8 Å². The highest BCUT2D eigenvalue weighted by Crippen LogP contribution is 2.25. The summed E-state index contributed by atoms with van der Waals surface area (Å²) in [5, 5.41) is 3.02. The van der Waals surface area contributed by atoms with E-state index in [1.165, 1.54) is 11.1 Å². The maximum atomic E-state index is 13.0.